The zero-order valence-electron chi connectivity index (χ0n) is 10.7. The number of allylic oxidation sites excluding steroid dienone is 1. The third-order valence-corrected chi connectivity index (χ3v) is 2.66. The monoisotopic (exact) mass is 360 g/mol. The Morgan fingerprint density at radius 1 is 1.50 bits per heavy atom. The first-order chi connectivity index (χ1) is 8.52. The zero-order valence-corrected chi connectivity index (χ0v) is 12.9. The van der Waals surface area contributed by atoms with Gasteiger partial charge in [0.2, 0.25) is 0 Å². The number of carbonyl (C=O) groups excluding carboxylic acids is 1. The molecule has 0 aliphatic rings. The first-order valence-corrected chi connectivity index (χ1v) is 6.41. The molecule has 98 valence electrons. The minimum absolute atomic E-state index is 0.321. The maximum atomic E-state index is 11.4. The van der Waals surface area contributed by atoms with Crippen LogP contribution in [0.4, 0.5) is 0 Å². The molecule has 0 atom stereocenters. The molecule has 4 nitrogen and oxygen atoms in total. The molecule has 0 saturated carbocycles. The number of nitrogens with one attached hydrogen (secondary N) is 1. The second-order valence-corrected chi connectivity index (χ2v) is 4.63. The van der Waals surface area contributed by atoms with E-state index in [-0.39, 0.29) is 5.97 Å². The van der Waals surface area contributed by atoms with Gasteiger partial charge in [0.25, 0.3) is 0 Å². The Morgan fingerprint density at radius 2 is 2.22 bits per heavy atom. The third kappa shape index (κ3) is 4.95. The summed E-state index contributed by atoms with van der Waals surface area (Å²) in [4.78, 5) is 13.4. The fraction of sp³-hybridized carbons (Fsp3) is 0.308. The fourth-order valence-electron chi connectivity index (χ4n) is 1.53. The largest absolute Gasteiger partial charge is 0.391 e. The van der Waals surface area contributed by atoms with Gasteiger partial charge in [-0.25, -0.2) is 4.79 Å². The van der Waals surface area contributed by atoms with Crippen molar-refractivity contribution in [1.29, 1.82) is 0 Å². The maximum absolute atomic E-state index is 11.4. The highest BCUT2D eigenvalue weighted by molar-refractivity contribution is 14.1. The highest BCUT2D eigenvalue weighted by Gasteiger charge is 2.06. The van der Waals surface area contributed by atoms with Gasteiger partial charge in [0, 0.05) is 32.5 Å². The number of rotatable bonds is 5. The van der Waals surface area contributed by atoms with Gasteiger partial charge in [-0.1, -0.05) is 12.1 Å². The number of benzene rings is 1. The van der Waals surface area contributed by atoms with Gasteiger partial charge in [0.1, 0.15) is 0 Å². The lowest BCUT2D eigenvalue weighted by Crippen LogP contribution is -2.14. The molecule has 0 unspecified atom stereocenters. The molecule has 0 fully saturated rings. The quantitative estimate of drug-likeness (QED) is 0.820. The lowest BCUT2D eigenvalue weighted by molar-refractivity contribution is 0.0800. The van der Waals surface area contributed by atoms with Crippen molar-refractivity contribution in [2.75, 3.05) is 14.1 Å². The third-order valence-electron chi connectivity index (χ3n) is 2.26. The Kier molecular flexibility index (Phi) is 5.97. The lowest BCUT2D eigenvalue weighted by atomic mass is 10.1. The Hall–Kier alpha value is -1.24. The number of hydrogen-bond donors (Lipinski definition) is 1. The van der Waals surface area contributed by atoms with Gasteiger partial charge in [-0.2, -0.15) is 0 Å². The van der Waals surface area contributed by atoms with E-state index in [4.69, 9.17) is 0 Å². The summed E-state index contributed by atoms with van der Waals surface area (Å²) in [5, 5.41) is 3.28. The van der Waals surface area contributed by atoms with Crippen LogP contribution in [0.3, 0.4) is 0 Å². The molecule has 1 N–H and O–H groups in total. The minimum atomic E-state index is -0.321. The lowest BCUT2D eigenvalue weighted by Gasteiger charge is -2.11. The van der Waals surface area contributed by atoms with Gasteiger partial charge in [0.05, 0.1) is 5.56 Å². The van der Waals surface area contributed by atoms with Crippen LogP contribution < -0.4 is 5.32 Å². The van der Waals surface area contributed by atoms with Crippen LogP contribution in [0.15, 0.2) is 36.2 Å². The van der Waals surface area contributed by atoms with Crippen LogP contribution in [0, 0.1) is 0 Å². The van der Waals surface area contributed by atoms with Crippen LogP contribution in [0.2, 0.25) is 0 Å². The summed E-state index contributed by atoms with van der Waals surface area (Å²) in [6.45, 7) is 2.68. The number of carbonyl (C=O) groups is 1. The summed E-state index contributed by atoms with van der Waals surface area (Å²) >= 11 is 1.59. The van der Waals surface area contributed by atoms with Crippen LogP contribution in [-0.4, -0.2) is 25.0 Å². The van der Waals surface area contributed by atoms with Gasteiger partial charge < -0.3 is 13.3 Å². The molecule has 0 aliphatic heterocycles. The van der Waals surface area contributed by atoms with Gasteiger partial charge in [-0.15, -0.1) is 0 Å². The molecular weight excluding hydrogens is 343 g/mol. The highest BCUT2D eigenvalue weighted by Crippen LogP contribution is 2.09. The molecule has 0 aliphatic carbocycles. The van der Waals surface area contributed by atoms with E-state index in [0.29, 0.717) is 12.1 Å². The SMILES string of the molecule is C/C(=C/N(C)C)NCc1cccc(C(=O)OI)c1. The summed E-state index contributed by atoms with van der Waals surface area (Å²) in [5.74, 6) is -0.321. The van der Waals surface area contributed by atoms with Gasteiger partial charge in [-0.3, -0.25) is 0 Å². The fourth-order valence-corrected chi connectivity index (χ4v) is 1.78. The number of halogens is 1. The molecule has 0 saturated heterocycles. The van der Waals surface area contributed by atoms with Gasteiger partial charge in [0.15, 0.2) is 23.0 Å². The summed E-state index contributed by atoms with van der Waals surface area (Å²) < 4.78 is 4.66. The molecule has 0 amide bonds. The highest BCUT2D eigenvalue weighted by atomic mass is 127. The summed E-state index contributed by atoms with van der Waals surface area (Å²) in [7, 11) is 3.95. The molecule has 18 heavy (non-hydrogen) atoms. The average molecular weight is 360 g/mol. The van der Waals surface area contributed by atoms with E-state index in [1.807, 2.05) is 50.3 Å². The second-order valence-electron chi connectivity index (χ2n) is 4.19. The van der Waals surface area contributed by atoms with Crippen molar-refractivity contribution in [1.82, 2.24) is 10.2 Å². The molecule has 5 heteroatoms. The normalized spacial score (nSPS) is 11.0. The topological polar surface area (TPSA) is 41.6 Å². The van der Waals surface area contributed by atoms with E-state index in [9.17, 15) is 4.79 Å². The first-order valence-electron chi connectivity index (χ1n) is 5.53. The van der Waals surface area contributed by atoms with E-state index in [2.05, 4.69) is 8.38 Å². The van der Waals surface area contributed by atoms with E-state index < -0.39 is 0 Å². The standard InChI is InChI=1S/C13H17IN2O2/c1-10(9-16(2)3)15-8-11-5-4-6-12(7-11)13(17)18-14/h4-7,9,15H,8H2,1-3H3/b10-9-. The van der Waals surface area contributed by atoms with Gasteiger partial charge >= 0.3 is 5.97 Å². The van der Waals surface area contributed by atoms with Crippen molar-refractivity contribution >= 4 is 29.0 Å². The molecule has 0 aromatic heterocycles. The Labute approximate surface area is 122 Å². The van der Waals surface area contributed by atoms with E-state index >= 15 is 0 Å². The van der Waals surface area contributed by atoms with E-state index in [0.717, 1.165) is 11.3 Å². The number of nitrogens with zero attached hydrogens (tertiary/aromatic N) is 1. The second kappa shape index (κ2) is 7.25. The van der Waals surface area contributed by atoms with Crippen LogP contribution in [0.5, 0.6) is 0 Å². The summed E-state index contributed by atoms with van der Waals surface area (Å²) in [6.07, 6.45) is 2.00. The molecule has 1 aromatic rings. The predicted octanol–water partition coefficient (Wildman–Crippen LogP) is 2.71. The molecule has 0 bridgehead atoms. The number of hydrogen-bond acceptors (Lipinski definition) is 4. The van der Waals surface area contributed by atoms with Crippen molar-refractivity contribution in [2.24, 2.45) is 0 Å². The van der Waals surface area contributed by atoms with E-state index in [1.54, 1.807) is 29.1 Å². The Bertz CT molecular complexity index is 444. The first kappa shape index (κ1) is 14.8. The van der Waals surface area contributed by atoms with Crippen LogP contribution in [0.1, 0.15) is 22.8 Å². The molecule has 0 heterocycles. The molecule has 1 aromatic carbocycles. The molecule has 0 spiro atoms. The summed E-state index contributed by atoms with van der Waals surface area (Å²) in [6, 6.07) is 7.40. The van der Waals surface area contributed by atoms with Crippen LogP contribution >= 0.6 is 23.0 Å². The van der Waals surface area contributed by atoms with Crippen LogP contribution in [-0.2, 0) is 9.61 Å². The average Bonchev–Trinajstić information content (AvgIpc) is 2.35. The zero-order chi connectivity index (χ0) is 13.5. The predicted molar refractivity (Wildman–Crippen MR) is 80.2 cm³/mol. The van der Waals surface area contributed by atoms with Crippen molar-refractivity contribution in [2.45, 2.75) is 13.5 Å². The van der Waals surface area contributed by atoms with Crippen LogP contribution in [0.25, 0.3) is 0 Å². The van der Waals surface area contributed by atoms with Crippen molar-refractivity contribution in [3.05, 3.63) is 47.3 Å². The Morgan fingerprint density at radius 3 is 2.83 bits per heavy atom. The van der Waals surface area contributed by atoms with Gasteiger partial charge in [-0.05, 0) is 24.6 Å². The Balaban J connectivity index is 2.66. The molecule has 0 radical (unpaired) electrons. The maximum Gasteiger partial charge on any atom is 0.347 e. The van der Waals surface area contributed by atoms with Crippen molar-refractivity contribution in [3.63, 3.8) is 0 Å². The van der Waals surface area contributed by atoms with E-state index in [1.165, 1.54) is 0 Å². The van der Waals surface area contributed by atoms with Crippen molar-refractivity contribution in [3.8, 4) is 0 Å². The van der Waals surface area contributed by atoms with Crippen molar-refractivity contribution < 1.29 is 7.86 Å². The summed E-state index contributed by atoms with van der Waals surface area (Å²) in [5.41, 5.74) is 2.68. The minimum Gasteiger partial charge on any atom is -0.391 e. The molecular formula is C13H17IN2O2. The molecule has 1 rings (SSSR count). The smallest absolute Gasteiger partial charge is 0.347 e.